The molecule has 5 N–H and O–H groups in total. The molecular weight excluding hydrogens is 438 g/mol. The quantitative estimate of drug-likeness (QED) is 0.118. The number of likely N-dealkylation sites (N-methyl/N-ethyl adjacent to an activating group) is 1. The van der Waals surface area contributed by atoms with Crippen LogP contribution in [0.3, 0.4) is 0 Å². The second kappa shape index (κ2) is 12.2. The van der Waals surface area contributed by atoms with Gasteiger partial charge in [-0.2, -0.15) is 0 Å². The van der Waals surface area contributed by atoms with Gasteiger partial charge in [-0.3, -0.25) is 19.6 Å². The maximum atomic E-state index is 13.4. The van der Waals surface area contributed by atoms with Crippen molar-refractivity contribution in [3.8, 4) is 0 Å². The molecule has 0 aliphatic heterocycles. The fourth-order valence-corrected chi connectivity index (χ4v) is 3.43. The molecule has 2 rings (SSSR count). The van der Waals surface area contributed by atoms with E-state index >= 15 is 0 Å². The normalized spacial score (nSPS) is 13.0. The molecule has 0 unspecified atom stereocenters. The molecule has 0 radical (unpaired) electrons. The van der Waals surface area contributed by atoms with Crippen LogP contribution in [0.25, 0.3) is 10.8 Å². The maximum absolute atomic E-state index is 13.4. The molecule has 0 fully saturated rings. The smallest absolute Gasteiger partial charge is 0.310 e. The summed E-state index contributed by atoms with van der Waals surface area (Å²) in [5.41, 5.74) is 1.56. The summed E-state index contributed by atoms with van der Waals surface area (Å²) >= 11 is 0. The molecule has 0 saturated heterocycles. The third kappa shape index (κ3) is 7.03. The van der Waals surface area contributed by atoms with Crippen molar-refractivity contribution in [1.82, 2.24) is 16.1 Å². The molecule has 2 aromatic rings. The van der Waals surface area contributed by atoms with Crippen LogP contribution in [-0.4, -0.2) is 54.3 Å². The summed E-state index contributed by atoms with van der Waals surface area (Å²) in [5, 5.41) is 25.6. The van der Waals surface area contributed by atoms with Gasteiger partial charge in [0.2, 0.25) is 5.91 Å². The van der Waals surface area contributed by atoms with Crippen molar-refractivity contribution in [1.29, 1.82) is 0 Å². The number of ether oxygens (including phenoxy) is 1. The molecule has 3 amide bonds. The summed E-state index contributed by atoms with van der Waals surface area (Å²) in [6.07, 6.45) is 0.221. The number of fused-ring (bicyclic) bond motifs is 1. The first-order valence-corrected chi connectivity index (χ1v) is 11.0. The Kier molecular flexibility index (Phi) is 9.58. The number of hydrogen-bond acceptors (Lipinski definition) is 6. The average Bonchev–Trinajstić information content (AvgIpc) is 2.82. The first kappa shape index (κ1) is 26.8. The lowest BCUT2D eigenvalue weighted by molar-refractivity contribution is -0.131. The Labute approximate surface area is 199 Å². The minimum absolute atomic E-state index is 0.00313. The van der Waals surface area contributed by atoms with Gasteiger partial charge in [-0.25, -0.2) is 5.48 Å². The molecule has 0 spiro atoms. The molecule has 1 atom stereocenters. The largest absolute Gasteiger partial charge is 0.487 e. The van der Waals surface area contributed by atoms with Gasteiger partial charge in [0.1, 0.15) is 6.04 Å². The number of nitrogens with one attached hydrogen (secondary N) is 3. The Morgan fingerprint density at radius 2 is 1.71 bits per heavy atom. The fraction of sp³-hybridized carbons (Fsp3) is 0.400. The number of rotatable bonds is 10. The minimum Gasteiger partial charge on any atom is -0.487 e. The van der Waals surface area contributed by atoms with Crippen LogP contribution in [0, 0.1) is 5.41 Å². The Balaban J connectivity index is 2.54. The van der Waals surface area contributed by atoms with Crippen molar-refractivity contribution in [2.75, 3.05) is 20.3 Å². The standard InChI is InChI=1S/C25H33N3O6/c1-25(2,3)21(24(32)26-4)27-22(30)19(20(23(31)28-33)34-13-7-12-29)15-16-10-11-17-8-5-6-9-18(17)14-16/h5-6,8-11,14,21,29,33H,7,12-13,15H2,1-4H3,(H,26,32)(H,27,30)(H,28,31)/b20-19-/t21-/m1/s1. The number of carbonyl (C=O) groups excluding carboxylic acids is 3. The Morgan fingerprint density at radius 3 is 2.29 bits per heavy atom. The van der Waals surface area contributed by atoms with Gasteiger partial charge in [-0.15, -0.1) is 0 Å². The monoisotopic (exact) mass is 471 g/mol. The van der Waals surface area contributed by atoms with E-state index in [9.17, 15) is 19.6 Å². The Morgan fingerprint density at radius 1 is 1.03 bits per heavy atom. The number of amides is 3. The number of carbonyl (C=O) groups is 3. The predicted octanol–water partition coefficient (Wildman–Crippen LogP) is 1.82. The van der Waals surface area contributed by atoms with E-state index in [-0.39, 0.29) is 43.3 Å². The summed E-state index contributed by atoms with van der Waals surface area (Å²) in [7, 11) is 1.47. The maximum Gasteiger partial charge on any atom is 0.310 e. The highest BCUT2D eigenvalue weighted by molar-refractivity contribution is 6.04. The van der Waals surface area contributed by atoms with Crippen LogP contribution in [0.1, 0.15) is 32.8 Å². The van der Waals surface area contributed by atoms with Crippen molar-refractivity contribution in [3.05, 3.63) is 59.4 Å². The van der Waals surface area contributed by atoms with E-state index in [1.807, 2.05) is 42.5 Å². The Hall–Kier alpha value is -3.43. The van der Waals surface area contributed by atoms with E-state index in [2.05, 4.69) is 10.6 Å². The number of aliphatic hydroxyl groups is 1. The van der Waals surface area contributed by atoms with Crippen molar-refractivity contribution in [3.63, 3.8) is 0 Å². The molecule has 2 aromatic carbocycles. The van der Waals surface area contributed by atoms with Gasteiger partial charge in [-0.05, 0) is 21.8 Å². The van der Waals surface area contributed by atoms with Crippen LogP contribution in [-0.2, 0) is 25.5 Å². The van der Waals surface area contributed by atoms with Gasteiger partial charge in [0.05, 0.1) is 12.2 Å². The number of benzene rings is 2. The van der Waals surface area contributed by atoms with Gasteiger partial charge < -0.3 is 20.5 Å². The highest BCUT2D eigenvalue weighted by atomic mass is 16.5. The zero-order chi connectivity index (χ0) is 25.3. The first-order valence-electron chi connectivity index (χ1n) is 11.0. The van der Waals surface area contributed by atoms with E-state index in [1.165, 1.54) is 12.5 Å². The Bertz CT molecular complexity index is 1060. The van der Waals surface area contributed by atoms with Crippen molar-refractivity contribution >= 4 is 28.5 Å². The van der Waals surface area contributed by atoms with Crippen LogP contribution < -0.4 is 16.1 Å². The van der Waals surface area contributed by atoms with Crippen LogP contribution in [0.15, 0.2) is 53.8 Å². The van der Waals surface area contributed by atoms with Gasteiger partial charge >= 0.3 is 5.91 Å². The van der Waals surface area contributed by atoms with Crippen molar-refractivity contribution in [2.24, 2.45) is 5.41 Å². The van der Waals surface area contributed by atoms with Gasteiger partial charge in [0.15, 0.2) is 5.76 Å². The van der Waals surface area contributed by atoms with Crippen LogP contribution >= 0.6 is 0 Å². The molecule has 0 saturated carbocycles. The summed E-state index contributed by atoms with van der Waals surface area (Å²) in [4.78, 5) is 38.4. The number of hydroxylamine groups is 1. The topological polar surface area (TPSA) is 137 Å². The van der Waals surface area contributed by atoms with Crippen molar-refractivity contribution in [2.45, 2.75) is 39.7 Å². The third-order valence-electron chi connectivity index (χ3n) is 5.25. The zero-order valence-corrected chi connectivity index (χ0v) is 20.0. The zero-order valence-electron chi connectivity index (χ0n) is 20.0. The van der Waals surface area contributed by atoms with Crippen LogP contribution in [0.5, 0.6) is 0 Å². The lowest BCUT2D eigenvalue weighted by Crippen LogP contribution is -2.53. The number of aliphatic hydroxyl groups excluding tert-OH is 1. The highest BCUT2D eigenvalue weighted by Gasteiger charge is 2.34. The molecular formula is C25H33N3O6. The van der Waals surface area contributed by atoms with E-state index in [4.69, 9.17) is 9.84 Å². The molecule has 0 aliphatic carbocycles. The minimum atomic E-state index is -1.00. The second-order valence-electron chi connectivity index (χ2n) is 8.92. The molecule has 0 heterocycles. The van der Waals surface area contributed by atoms with Gasteiger partial charge in [-0.1, -0.05) is 63.2 Å². The highest BCUT2D eigenvalue weighted by Crippen LogP contribution is 2.23. The second-order valence-corrected chi connectivity index (χ2v) is 8.92. The van der Waals surface area contributed by atoms with Crippen LogP contribution in [0.4, 0.5) is 0 Å². The average molecular weight is 472 g/mol. The first-order chi connectivity index (χ1) is 16.1. The number of hydrogen-bond donors (Lipinski definition) is 5. The molecule has 34 heavy (non-hydrogen) atoms. The molecule has 184 valence electrons. The van der Waals surface area contributed by atoms with Crippen molar-refractivity contribution < 1.29 is 29.4 Å². The fourth-order valence-electron chi connectivity index (χ4n) is 3.43. The molecule has 0 aromatic heterocycles. The summed E-state index contributed by atoms with van der Waals surface area (Å²) in [6.45, 7) is 5.19. The van der Waals surface area contributed by atoms with Gasteiger partial charge in [0.25, 0.3) is 5.91 Å². The van der Waals surface area contributed by atoms with E-state index in [0.29, 0.717) is 0 Å². The summed E-state index contributed by atoms with van der Waals surface area (Å²) in [6, 6.07) is 12.4. The predicted molar refractivity (Wildman–Crippen MR) is 128 cm³/mol. The van der Waals surface area contributed by atoms with Crippen LogP contribution in [0.2, 0.25) is 0 Å². The molecule has 9 heteroatoms. The molecule has 9 nitrogen and oxygen atoms in total. The van der Waals surface area contributed by atoms with E-state index in [1.54, 1.807) is 20.8 Å². The van der Waals surface area contributed by atoms with Gasteiger partial charge in [0, 0.05) is 26.5 Å². The van der Waals surface area contributed by atoms with E-state index in [0.717, 1.165) is 16.3 Å². The lowest BCUT2D eigenvalue weighted by atomic mass is 9.85. The SMILES string of the molecule is CNC(=O)[C@@H](NC(=O)/C(Cc1ccc2ccccc2c1)=C(\OCCCO)C(=O)NO)C(C)(C)C. The lowest BCUT2D eigenvalue weighted by Gasteiger charge is -2.30. The van der Waals surface area contributed by atoms with E-state index < -0.39 is 23.3 Å². The molecule has 0 aliphatic rings. The summed E-state index contributed by atoms with van der Waals surface area (Å²) < 4.78 is 5.52. The molecule has 0 bridgehead atoms. The summed E-state index contributed by atoms with van der Waals surface area (Å²) in [5.74, 6) is -2.46. The third-order valence-corrected chi connectivity index (χ3v) is 5.25.